The molecule has 0 bridgehead atoms. The monoisotopic (exact) mass is 467 g/mol. The van der Waals surface area contributed by atoms with Crippen LogP contribution in [0.15, 0.2) is 78.9 Å². The number of carbonyl (C=O) groups is 2. The molecule has 0 aliphatic rings. The van der Waals surface area contributed by atoms with E-state index >= 15 is 0 Å². The van der Waals surface area contributed by atoms with Crippen molar-refractivity contribution < 1.29 is 14.7 Å². The van der Waals surface area contributed by atoms with E-state index in [0.29, 0.717) is 12.1 Å². The van der Waals surface area contributed by atoms with Crippen LogP contribution in [0.25, 0.3) is 33.5 Å². The van der Waals surface area contributed by atoms with E-state index in [0.717, 1.165) is 33.5 Å². The minimum Gasteiger partial charge on any atom is -0.465 e. The van der Waals surface area contributed by atoms with Crippen molar-refractivity contribution in [2.24, 2.45) is 7.05 Å². The molecule has 0 saturated carbocycles. The van der Waals surface area contributed by atoms with Gasteiger partial charge in [0.05, 0.1) is 16.7 Å². The molecule has 2 heterocycles. The zero-order valence-corrected chi connectivity index (χ0v) is 19.2. The highest BCUT2D eigenvalue weighted by Gasteiger charge is 2.18. The summed E-state index contributed by atoms with van der Waals surface area (Å²) in [6.45, 7) is 1.06. The van der Waals surface area contributed by atoms with Gasteiger partial charge in [0, 0.05) is 43.1 Å². The third kappa shape index (κ3) is 4.46. The molecule has 0 aliphatic heterocycles. The number of fused-ring (bicyclic) bond motifs is 2. The summed E-state index contributed by atoms with van der Waals surface area (Å²) < 4.78 is 4.32. The molecule has 0 atom stereocenters. The van der Waals surface area contributed by atoms with Gasteiger partial charge < -0.3 is 24.9 Å². The number of carboxylic acid groups (broad SMARTS) is 1. The summed E-state index contributed by atoms with van der Waals surface area (Å²) in [5.41, 5.74) is 5.44. The Balaban J connectivity index is 1.51. The van der Waals surface area contributed by atoms with Crippen LogP contribution in [0, 0.1) is 0 Å². The number of aryl methyl sites for hydroxylation is 1. The fraction of sp³-hybridized carbons (Fsp3) is 0.148. The van der Waals surface area contributed by atoms with Crippen molar-refractivity contribution in [3.63, 3.8) is 0 Å². The van der Waals surface area contributed by atoms with Gasteiger partial charge in [0.15, 0.2) is 5.82 Å². The Morgan fingerprint density at radius 1 is 0.886 bits per heavy atom. The lowest BCUT2D eigenvalue weighted by Gasteiger charge is -2.11. The molecule has 176 valence electrons. The molecule has 0 unspecified atom stereocenters. The molecular formula is C27H25N5O3. The third-order valence-electron chi connectivity index (χ3n) is 6.05. The highest BCUT2D eigenvalue weighted by atomic mass is 16.4. The maximum Gasteiger partial charge on any atom is 0.404 e. The lowest BCUT2D eigenvalue weighted by Crippen LogP contribution is -2.33. The number of imidazole rings is 1. The van der Waals surface area contributed by atoms with Crippen molar-refractivity contribution in [1.29, 1.82) is 0 Å². The summed E-state index contributed by atoms with van der Waals surface area (Å²) in [6, 6.07) is 26.2. The molecule has 5 aromatic rings. The average Bonchev–Trinajstić information content (AvgIpc) is 3.39. The Hall–Kier alpha value is -4.59. The first-order valence-electron chi connectivity index (χ1n) is 11.4. The van der Waals surface area contributed by atoms with Crippen molar-refractivity contribution in [2.45, 2.75) is 6.54 Å². The predicted molar refractivity (Wildman–Crippen MR) is 136 cm³/mol. The maximum atomic E-state index is 12.5. The summed E-state index contributed by atoms with van der Waals surface area (Å²) in [7, 11) is 1.98. The summed E-state index contributed by atoms with van der Waals surface area (Å²) >= 11 is 0. The highest BCUT2D eigenvalue weighted by molar-refractivity contribution is 5.98. The number of aromatic nitrogens is 3. The Labute approximate surface area is 201 Å². The molecule has 0 fully saturated rings. The number of rotatable bonds is 7. The second kappa shape index (κ2) is 9.34. The number of para-hydroxylation sites is 1. The van der Waals surface area contributed by atoms with Crippen molar-refractivity contribution in [3.8, 4) is 11.5 Å². The SMILES string of the molecule is Cn1c(-c2cc3ccccc3n2Cc2ccccc2)nc2cc(C(=O)NCCNC(=O)O)ccc21. The molecule has 2 aromatic heterocycles. The van der Waals surface area contributed by atoms with E-state index in [4.69, 9.17) is 10.1 Å². The largest absolute Gasteiger partial charge is 0.465 e. The maximum absolute atomic E-state index is 12.5. The van der Waals surface area contributed by atoms with Crippen LogP contribution in [0.2, 0.25) is 0 Å². The van der Waals surface area contributed by atoms with Gasteiger partial charge in [0.1, 0.15) is 0 Å². The molecule has 0 saturated heterocycles. The number of amides is 2. The second-order valence-corrected chi connectivity index (χ2v) is 8.35. The van der Waals surface area contributed by atoms with Gasteiger partial charge in [0.25, 0.3) is 5.91 Å². The van der Waals surface area contributed by atoms with Gasteiger partial charge in [-0.05, 0) is 35.9 Å². The summed E-state index contributed by atoms with van der Waals surface area (Å²) in [4.78, 5) is 28.0. The first-order chi connectivity index (χ1) is 17.0. The minimum absolute atomic E-state index is 0.142. The smallest absolute Gasteiger partial charge is 0.404 e. The molecule has 35 heavy (non-hydrogen) atoms. The van der Waals surface area contributed by atoms with Crippen LogP contribution in [0.5, 0.6) is 0 Å². The molecular weight excluding hydrogens is 442 g/mol. The van der Waals surface area contributed by atoms with Crippen LogP contribution >= 0.6 is 0 Å². The predicted octanol–water partition coefficient (Wildman–Crippen LogP) is 4.24. The molecule has 0 radical (unpaired) electrons. The van der Waals surface area contributed by atoms with Crippen molar-refractivity contribution in [3.05, 3.63) is 90.0 Å². The van der Waals surface area contributed by atoms with Gasteiger partial charge in [0.2, 0.25) is 0 Å². The summed E-state index contributed by atoms with van der Waals surface area (Å²) in [5, 5.41) is 14.7. The molecule has 3 aromatic carbocycles. The van der Waals surface area contributed by atoms with Crippen LogP contribution in [0.1, 0.15) is 15.9 Å². The topological polar surface area (TPSA) is 101 Å². The first-order valence-corrected chi connectivity index (χ1v) is 11.4. The molecule has 8 heteroatoms. The highest BCUT2D eigenvalue weighted by Crippen LogP contribution is 2.31. The summed E-state index contributed by atoms with van der Waals surface area (Å²) in [6.07, 6.45) is -1.12. The number of nitrogens with zero attached hydrogens (tertiary/aromatic N) is 3. The van der Waals surface area contributed by atoms with Gasteiger partial charge in [-0.3, -0.25) is 4.79 Å². The molecule has 0 spiro atoms. The first kappa shape index (κ1) is 22.2. The number of nitrogens with one attached hydrogen (secondary N) is 2. The molecule has 3 N–H and O–H groups in total. The van der Waals surface area contributed by atoms with Crippen LogP contribution in [-0.2, 0) is 13.6 Å². The lowest BCUT2D eigenvalue weighted by atomic mass is 10.2. The van der Waals surface area contributed by atoms with Crippen LogP contribution in [0.3, 0.4) is 0 Å². The number of carbonyl (C=O) groups excluding carboxylic acids is 1. The Bertz CT molecular complexity index is 1540. The summed E-state index contributed by atoms with van der Waals surface area (Å²) in [5.74, 6) is 0.542. The van der Waals surface area contributed by atoms with E-state index in [9.17, 15) is 9.59 Å². The van der Waals surface area contributed by atoms with E-state index in [2.05, 4.69) is 45.5 Å². The van der Waals surface area contributed by atoms with E-state index < -0.39 is 6.09 Å². The van der Waals surface area contributed by atoms with Gasteiger partial charge in [-0.1, -0.05) is 48.5 Å². The fourth-order valence-corrected chi connectivity index (χ4v) is 4.35. The Morgan fingerprint density at radius 3 is 2.43 bits per heavy atom. The van der Waals surface area contributed by atoms with E-state index in [1.165, 1.54) is 5.56 Å². The van der Waals surface area contributed by atoms with E-state index in [1.807, 2.05) is 48.0 Å². The zero-order valence-electron chi connectivity index (χ0n) is 19.2. The van der Waals surface area contributed by atoms with Gasteiger partial charge in [-0.25, -0.2) is 9.78 Å². The Kier molecular flexibility index (Phi) is 5.93. The van der Waals surface area contributed by atoms with Crippen molar-refractivity contribution >= 4 is 33.9 Å². The fourth-order valence-electron chi connectivity index (χ4n) is 4.35. The van der Waals surface area contributed by atoms with Crippen LogP contribution in [-0.4, -0.2) is 44.3 Å². The Morgan fingerprint density at radius 2 is 1.63 bits per heavy atom. The van der Waals surface area contributed by atoms with Crippen LogP contribution < -0.4 is 10.6 Å². The number of hydrogen-bond donors (Lipinski definition) is 3. The van der Waals surface area contributed by atoms with Gasteiger partial charge in [-0.2, -0.15) is 0 Å². The molecule has 2 amide bonds. The van der Waals surface area contributed by atoms with Crippen molar-refractivity contribution in [2.75, 3.05) is 13.1 Å². The second-order valence-electron chi connectivity index (χ2n) is 8.35. The van der Waals surface area contributed by atoms with E-state index in [1.54, 1.807) is 12.1 Å². The zero-order chi connectivity index (χ0) is 24.4. The quantitative estimate of drug-likeness (QED) is 0.312. The standard InChI is InChI=1S/C27H25N5O3/c1-31-23-12-11-20(26(33)28-13-14-29-27(34)35)15-21(23)30-25(31)24-16-19-9-5-6-10-22(19)32(24)17-18-7-3-2-4-8-18/h2-12,15-16,29H,13-14,17H2,1H3,(H,28,33)(H,34,35). The minimum atomic E-state index is -1.12. The van der Waals surface area contributed by atoms with Crippen molar-refractivity contribution in [1.82, 2.24) is 24.8 Å². The molecule has 0 aliphatic carbocycles. The van der Waals surface area contributed by atoms with Gasteiger partial charge >= 0.3 is 6.09 Å². The average molecular weight is 468 g/mol. The third-order valence-corrected chi connectivity index (χ3v) is 6.05. The van der Waals surface area contributed by atoms with Gasteiger partial charge in [-0.15, -0.1) is 0 Å². The lowest BCUT2D eigenvalue weighted by molar-refractivity contribution is 0.0953. The normalized spacial score (nSPS) is 11.1. The number of hydrogen-bond acceptors (Lipinski definition) is 3. The number of benzene rings is 3. The van der Waals surface area contributed by atoms with E-state index in [-0.39, 0.29) is 19.0 Å². The van der Waals surface area contributed by atoms with Crippen LogP contribution in [0.4, 0.5) is 4.79 Å². The molecule has 8 nitrogen and oxygen atoms in total. The molecule has 5 rings (SSSR count).